The highest BCUT2D eigenvalue weighted by molar-refractivity contribution is 5.86. The third kappa shape index (κ3) is 2.95. The van der Waals surface area contributed by atoms with Gasteiger partial charge in [-0.1, -0.05) is 18.2 Å². The van der Waals surface area contributed by atoms with E-state index in [1.54, 1.807) is 0 Å². The molecule has 0 unspecified atom stereocenters. The van der Waals surface area contributed by atoms with E-state index in [0.717, 1.165) is 38.0 Å². The number of para-hydroxylation sites is 1. The highest BCUT2D eigenvalue weighted by Crippen LogP contribution is 2.21. The van der Waals surface area contributed by atoms with Crippen LogP contribution in [0, 0.1) is 0 Å². The second-order valence-corrected chi connectivity index (χ2v) is 5.77. The van der Waals surface area contributed by atoms with Gasteiger partial charge in [0.1, 0.15) is 6.54 Å². The summed E-state index contributed by atoms with van der Waals surface area (Å²) in [4.78, 5) is 14.5. The molecule has 1 aromatic carbocycles. The number of carbonyl (C=O) groups is 1. The number of hydrogen-bond donors (Lipinski definition) is 1. The van der Waals surface area contributed by atoms with E-state index in [0.29, 0.717) is 6.54 Å². The van der Waals surface area contributed by atoms with Crippen molar-refractivity contribution in [1.29, 1.82) is 0 Å². The summed E-state index contributed by atoms with van der Waals surface area (Å²) in [6, 6.07) is 8.31. The Balaban J connectivity index is 1.84. The summed E-state index contributed by atoms with van der Waals surface area (Å²) in [5, 5.41) is 4.43. The number of amides is 1. The molecule has 1 amide bonds. The second kappa shape index (κ2) is 6.31. The Morgan fingerprint density at radius 1 is 1.19 bits per heavy atom. The Kier molecular flexibility index (Phi) is 4.25. The zero-order valence-electron chi connectivity index (χ0n) is 12.6. The monoisotopic (exact) mass is 285 g/mol. The first-order valence-corrected chi connectivity index (χ1v) is 7.78. The highest BCUT2D eigenvalue weighted by Gasteiger charge is 2.18. The van der Waals surface area contributed by atoms with E-state index in [2.05, 4.69) is 34.3 Å². The quantitative estimate of drug-likeness (QED) is 0.936. The molecule has 4 nitrogen and oxygen atoms in total. The summed E-state index contributed by atoms with van der Waals surface area (Å²) in [6.07, 6.45) is 5.65. The maximum atomic E-state index is 12.5. The van der Waals surface area contributed by atoms with Crippen molar-refractivity contribution >= 4 is 16.8 Å². The molecule has 4 heteroatoms. The highest BCUT2D eigenvalue weighted by atomic mass is 16.2. The van der Waals surface area contributed by atoms with E-state index in [9.17, 15) is 4.79 Å². The van der Waals surface area contributed by atoms with Crippen LogP contribution < -0.4 is 5.32 Å². The first-order valence-electron chi connectivity index (χ1n) is 7.78. The Morgan fingerprint density at radius 3 is 2.71 bits per heavy atom. The van der Waals surface area contributed by atoms with E-state index >= 15 is 0 Å². The maximum absolute atomic E-state index is 12.5. The molecule has 0 atom stereocenters. The van der Waals surface area contributed by atoms with Crippen LogP contribution in [0.4, 0.5) is 0 Å². The fourth-order valence-corrected chi connectivity index (χ4v) is 3.17. The molecule has 0 spiro atoms. The van der Waals surface area contributed by atoms with Gasteiger partial charge in [0.2, 0.25) is 5.91 Å². The summed E-state index contributed by atoms with van der Waals surface area (Å²) in [5.41, 5.74) is 2.40. The van der Waals surface area contributed by atoms with Crippen molar-refractivity contribution in [3.8, 4) is 0 Å². The molecule has 1 N–H and O–H groups in total. The largest absolute Gasteiger partial charge is 0.341 e. The molecule has 21 heavy (non-hydrogen) atoms. The Bertz CT molecular complexity index is 626. The first-order chi connectivity index (χ1) is 10.3. The number of nitrogens with one attached hydrogen (secondary N) is 1. The molecule has 0 radical (unpaired) electrons. The van der Waals surface area contributed by atoms with Gasteiger partial charge in [0.25, 0.3) is 0 Å². The summed E-state index contributed by atoms with van der Waals surface area (Å²) in [5.74, 6) is 0.242. The van der Waals surface area contributed by atoms with E-state index in [-0.39, 0.29) is 5.91 Å². The lowest BCUT2D eigenvalue weighted by Crippen LogP contribution is -2.37. The molecule has 112 valence electrons. The van der Waals surface area contributed by atoms with Crippen LogP contribution in [0.25, 0.3) is 10.9 Å². The number of benzene rings is 1. The fraction of sp³-hybridized carbons (Fsp3) is 0.471. The SMILES string of the molecule is CNCc1cn(CC(=O)N2CCCCC2)c2ccccc12. The van der Waals surface area contributed by atoms with Gasteiger partial charge < -0.3 is 14.8 Å². The van der Waals surface area contributed by atoms with Crippen molar-refractivity contribution in [3.63, 3.8) is 0 Å². The average molecular weight is 285 g/mol. The van der Waals surface area contributed by atoms with Crippen LogP contribution in [0.1, 0.15) is 24.8 Å². The number of rotatable bonds is 4. The number of carbonyl (C=O) groups excluding carboxylic acids is 1. The molecule has 0 bridgehead atoms. The molecule has 0 saturated carbocycles. The summed E-state index contributed by atoms with van der Waals surface area (Å²) in [7, 11) is 1.95. The third-order valence-electron chi connectivity index (χ3n) is 4.25. The molecule has 1 saturated heterocycles. The van der Waals surface area contributed by atoms with Crippen molar-refractivity contribution < 1.29 is 4.79 Å². The molecule has 1 aromatic heterocycles. The van der Waals surface area contributed by atoms with Crippen molar-refractivity contribution in [2.45, 2.75) is 32.4 Å². The zero-order chi connectivity index (χ0) is 14.7. The first kappa shape index (κ1) is 14.1. The van der Waals surface area contributed by atoms with E-state index in [4.69, 9.17) is 0 Å². The van der Waals surface area contributed by atoms with Gasteiger partial charge >= 0.3 is 0 Å². The number of piperidine rings is 1. The van der Waals surface area contributed by atoms with Crippen molar-refractivity contribution in [2.24, 2.45) is 0 Å². The minimum Gasteiger partial charge on any atom is -0.341 e. The molecule has 3 rings (SSSR count). The molecule has 1 aliphatic heterocycles. The Hall–Kier alpha value is -1.81. The lowest BCUT2D eigenvalue weighted by molar-refractivity contribution is -0.132. The van der Waals surface area contributed by atoms with Crippen LogP contribution in [0.3, 0.4) is 0 Å². The van der Waals surface area contributed by atoms with Crippen molar-refractivity contribution in [1.82, 2.24) is 14.8 Å². The van der Waals surface area contributed by atoms with Gasteiger partial charge in [0, 0.05) is 36.7 Å². The predicted octanol–water partition coefficient (Wildman–Crippen LogP) is 2.37. The summed E-state index contributed by atoms with van der Waals surface area (Å²) in [6.45, 7) is 3.11. The van der Waals surface area contributed by atoms with Crippen LogP contribution in [-0.4, -0.2) is 35.5 Å². The van der Waals surface area contributed by atoms with Crippen molar-refractivity contribution in [2.75, 3.05) is 20.1 Å². The van der Waals surface area contributed by atoms with Crippen LogP contribution in [0.5, 0.6) is 0 Å². The van der Waals surface area contributed by atoms with Gasteiger partial charge in [-0.05, 0) is 37.9 Å². The van der Waals surface area contributed by atoms with Gasteiger partial charge in [-0.2, -0.15) is 0 Å². The smallest absolute Gasteiger partial charge is 0.242 e. The zero-order valence-corrected chi connectivity index (χ0v) is 12.6. The summed E-state index contributed by atoms with van der Waals surface area (Å²) < 4.78 is 2.10. The molecule has 2 heterocycles. The number of hydrogen-bond acceptors (Lipinski definition) is 2. The number of fused-ring (bicyclic) bond motifs is 1. The minimum absolute atomic E-state index is 0.242. The molecule has 1 aliphatic rings. The Labute approximate surface area is 125 Å². The average Bonchev–Trinajstić information content (AvgIpc) is 2.87. The molecule has 1 fully saturated rings. The lowest BCUT2D eigenvalue weighted by Gasteiger charge is -2.27. The van der Waals surface area contributed by atoms with Gasteiger partial charge in [-0.15, -0.1) is 0 Å². The molecule has 2 aromatic rings. The number of likely N-dealkylation sites (tertiary alicyclic amines) is 1. The predicted molar refractivity (Wildman–Crippen MR) is 85.1 cm³/mol. The lowest BCUT2D eigenvalue weighted by atomic mass is 10.1. The second-order valence-electron chi connectivity index (χ2n) is 5.77. The van der Waals surface area contributed by atoms with Gasteiger partial charge in [-0.3, -0.25) is 4.79 Å². The Morgan fingerprint density at radius 2 is 1.95 bits per heavy atom. The van der Waals surface area contributed by atoms with Crippen LogP contribution in [0.2, 0.25) is 0 Å². The van der Waals surface area contributed by atoms with E-state index in [1.807, 2.05) is 18.0 Å². The molecule has 0 aliphatic carbocycles. The van der Waals surface area contributed by atoms with Crippen LogP contribution in [-0.2, 0) is 17.9 Å². The third-order valence-corrected chi connectivity index (χ3v) is 4.25. The van der Waals surface area contributed by atoms with Gasteiger partial charge in [0.15, 0.2) is 0 Å². The fourth-order valence-electron chi connectivity index (χ4n) is 3.17. The standard InChI is InChI=1S/C17H23N3O/c1-18-11-14-12-20(16-8-4-3-7-15(14)16)13-17(21)19-9-5-2-6-10-19/h3-4,7-8,12,18H,2,5-6,9-11,13H2,1H3. The number of aromatic nitrogens is 1. The van der Waals surface area contributed by atoms with Crippen molar-refractivity contribution in [3.05, 3.63) is 36.0 Å². The van der Waals surface area contributed by atoms with Crippen LogP contribution in [0.15, 0.2) is 30.5 Å². The topological polar surface area (TPSA) is 37.3 Å². The van der Waals surface area contributed by atoms with E-state index in [1.165, 1.54) is 17.4 Å². The van der Waals surface area contributed by atoms with E-state index < -0.39 is 0 Å². The molecular formula is C17H23N3O. The van der Waals surface area contributed by atoms with Crippen LogP contribution >= 0.6 is 0 Å². The van der Waals surface area contributed by atoms with Gasteiger partial charge in [0.05, 0.1) is 0 Å². The maximum Gasteiger partial charge on any atom is 0.242 e. The minimum atomic E-state index is 0.242. The van der Waals surface area contributed by atoms with Gasteiger partial charge in [-0.25, -0.2) is 0 Å². The normalized spacial score (nSPS) is 15.6. The summed E-state index contributed by atoms with van der Waals surface area (Å²) >= 11 is 0. The molecular weight excluding hydrogens is 262 g/mol. The number of nitrogens with zero attached hydrogens (tertiary/aromatic N) is 2.